The Kier molecular flexibility index (Phi) is 42.3. The zero-order chi connectivity index (χ0) is 67.8. The molecular weight excluding hydrogens is 1550 g/mol. The standard InChI is InChI=1S/C24H17N5O14S3.C24H19N5O13S3.9Na/c25-16-4-3-12-13(20(16)28-26-17-5-1-10(44(35,36)37)7-14(17)23(31)32)9-19(46(41,42)43)21(22(12)30)29-27-18-6-2-11(45(38,39)40)8-15(18)24(33)34;1-42-19-9-12(44(36,37)38)3-7-18(19)27-29-22-20(45(39,40)41)10-14-13(23(22)30)4-5-16(25)21(14)28-26-17-6-2-11(43(33,34)35)8-15(17)24(31)32;;;;;;;;;/h1-9,30H,25H2,(H,31,32)(H,33,34)(H,35,36,37)(H,38,39,40)(H,41,42,43);2-10,30H,25H2,1H3,(H,31,32)(H,33,34,35)(H,36,37,38)(H,39,40,41);;;;;;;;;/q;;9*+1/p-9. The van der Waals surface area contributed by atoms with Crippen molar-refractivity contribution < 1.29 is 388 Å². The van der Waals surface area contributed by atoms with Crippen LogP contribution in [0.3, 0.4) is 0 Å². The third-order valence-electron chi connectivity index (χ3n) is 11.9. The average Bonchev–Trinajstić information content (AvgIpc) is 0.760. The third-order valence-corrected chi connectivity index (χ3v) is 16.9. The number of nitrogen functional groups attached to an aromatic ring is 2. The van der Waals surface area contributed by atoms with Crippen molar-refractivity contribution in [3.63, 3.8) is 0 Å². The molecule has 52 heteroatoms. The molecule has 0 saturated heterocycles. The summed E-state index contributed by atoms with van der Waals surface area (Å²) in [6.07, 6.45) is 0. The summed E-state index contributed by atoms with van der Waals surface area (Å²) in [4.78, 5) is 28.8. The van der Waals surface area contributed by atoms with Crippen LogP contribution in [-0.2, 0) is 60.7 Å². The van der Waals surface area contributed by atoms with E-state index < -0.39 is 170 Å². The van der Waals surface area contributed by atoms with Crippen LogP contribution in [0.4, 0.5) is 56.9 Å². The van der Waals surface area contributed by atoms with Crippen molar-refractivity contribution in [1.29, 1.82) is 0 Å². The first-order chi connectivity index (χ1) is 42.0. The summed E-state index contributed by atoms with van der Waals surface area (Å²) < 4.78 is 214. The molecule has 0 amide bonds. The number of fused-ring (bicyclic) bond motifs is 2. The summed E-state index contributed by atoms with van der Waals surface area (Å²) in [5, 5.41) is 84.6. The van der Waals surface area contributed by atoms with Gasteiger partial charge in [-0.25, -0.2) is 50.5 Å². The molecule has 0 spiro atoms. The van der Waals surface area contributed by atoms with Crippen LogP contribution in [0, 0.1) is 0 Å². The van der Waals surface area contributed by atoms with Gasteiger partial charge in [0.1, 0.15) is 94.9 Å². The minimum atomic E-state index is -5.54. The number of aromatic hydroxyl groups is 2. The molecule has 0 atom stereocenters. The smallest absolute Gasteiger partial charge is 0.744 e. The molecule has 8 aromatic carbocycles. The Balaban J connectivity index is -0.00000173. The SMILES string of the molecule is COc1cc(S(=O)(=O)[O-])ccc1N=Nc1c(S(=O)(=O)[O-])cc2c(N=Nc3ccc(S(=O)(=O)[O-])cc3C(=O)[O-])c(N)ccc2c1O.Nc1ccc2c(O)c(N=Nc3ccc(S(=O)(=O)[O-])cc3C(=O)[O-])c(S(=O)(=O)[O-])cc2c1N=Nc1ccc(S(=O)(=O)[O-])cc1C(=O)[O-].[Na+].[Na+].[Na+].[Na+].[Na+].[Na+].[Na+].[Na+].[Na+]. The molecule has 0 unspecified atom stereocenters. The van der Waals surface area contributed by atoms with E-state index in [1.54, 1.807) is 0 Å². The van der Waals surface area contributed by atoms with E-state index in [1.165, 1.54) is 12.1 Å². The molecule has 0 aromatic heterocycles. The van der Waals surface area contributed by atoms with Crippen molar-refractivity contribution in [2.24, 2.45) is 40.9 Å². The number of phenolic OH excluding ortho intramolecular Hbond substituents is 2. The van der Waals surface area contributed by atoms with Gasteiger partial charge in [-0.1, -0.05) is 0 Å². The Morgan fingerprint density at radius 1 is 0.340 bits per heavy atom. The predicted molar refractivity (Wildman–Crippen MR) is 290 cm³/mol. The molecule has 100 heavy (non-hydrogen) atoms. The number of carbonyl (C=O) groups is 3. The number of carboxylic acid groups (broad SMARTS) is 3. The van der Waals surface area contributed by atoms with E-state index in [9.17, 15) is 118 Å². The maximum Gasteiger partial charge on any atom is 1.00 e. The number of benzene rings is 8. The van der Waals surface area contributed by atoms with Crippen LogP contribution < -0.4 is 298 Å². The van der Waals surface area contributed by atoms with Gasteiger partial charge >= 0.3 is 266 Å². The number of hydrogen-bond acceptors (Lipinski definition) is 37. The van der Waals surface area contributed by atoms with E-state index in [-0.39, 0.29) is 316 Å². The largest absolute Gasteiger partial charge is 1.00 e. The van der Waals surface area contributed by atoms with Crippen LogP contribution in [0.15, 0.2) is 179 Å². The Hall–Kier alpha value is -1.45. The van der Waals surface area contributed by atoms with Crippen molar-refractivity contribution in [3.8, 4) is 17.2 Å². The first-order valence-corrected chi connectivity index (χ1v) is 31.8. The van der Waals surface area contributed by atoms with Gasteiger partial charge in [0.05, 0.1) is 82.8 Å². The molecular formula is C48H27N10Na9O27S6. The normalized spacial score (nSPS) is 11.6. The van der Waals surface area contributed by atoms with Crippen molar-refractivity contribution in [2.75, 3.05) is 18.6 Å². The van der Waals surface area contributed by atoms with Crippen LogP contribution >= 0.6 is 0 Å². The fourth-order valence-electron chi connectivity index (χ4n) is 7.72. The van der Waals surface area contributed by atoms with Crippen molar-refractivity contribution in [1.82, 2.24) is 0 Å². The molecule has 0 radical (unpaired) electrons. The van der Waals surface area contributed by atoms with Gasteiger partial charge in [-0.2, -0.15) is 0 Å². The number of hydrogen-bond donors (Lipinski definition) is 4. The maximum atomic E-state index is 12.2. The van der Waals surface area contributed by atoms with Gasteiger partial charge in [0.25, 0.3) is 0 Å². The van der Waals surface area contributed by atoms with Crippen molar-refractivity contribution >= 4 is 157 Å². The van der Waals surface area contributed by atoms with E-state index >= 15 is 0 Å². The average molecular weight is 1580 g/mol. The molecule has 8 aromatic rings. The molecule has 0 aliphatic rings. The summed E-state index contributed by atoms with van der Waals surface area (Å²) in [7, 11) is -30.0. The summed E-state index contributed by atoms with van der Waals surface area (Å²) in [5.74, 6) is -8.13. The molecule has 37 nitrogen and oxygen atoms in total. The summed E-state index contributed by atoms with van der Waals surface area (Å²) in [5.41, 5.74) is 4.04. The number of methoxy groups -OCH3 is 1. The molecule has 476 valence electrons. The number of ether oxygens (including phenoxy) is 1. The molecule has 6 N–H and O–H groups in total. The van der Waals surface area contributed by atoms with E-state index in [0.717, 1.165) is 67.8 Å². The number of phenols is 2. The number of rotatable bonds is 18. The summed E-state index contributed by atoms with van der Waals surface area (Å²) in [6, 6.07) is 14.5. The van der Waals surface area contributed by atoms with Gasteiger partial charge in [0, 0.05) is 38.2 Å². The van der Waals surface area contributed by atoms with Crippen LogP contribution in [-0.4, -0.2) is 113 Å². The van der Waals surface area contributed by atoms with Gasteiger partial charge in [0.15, 0.2) is 11.5 Å². The number of carbonyl (C=O) groups excluding carboxylic acids is 3. The molecule has 0 bridgehead atoms. The zero-order valence-corrected chi connectivity index (χ0v) is 76.1. The van der Waals surface area contributed by atoms with E-state index in [4.69, 9.17) is 16.2 Å². The van der Waals surface area contributed by atoms with Crippen LogP contribution in [0.1, 0.15) is 31.1 Å². The zero-order valence-electron chi connectivity index (χ0n) is 53.2. The monoisotopic (exact) mass is 1570 g/mol. The number of nitrogens with zero attached hydrogens (tertiary/aromatic N) is 8. The quantitative estimate of drug-likeness (QED) is 0.0268. The van der Waals surface area contributed by atoms with Gasteiger partial charge < -0.3 is 83.4 Å². The van der Waals surface area contributed by atoms with E-state index in [2.05, 4.69) is 40.9 Å². The minimum absolute atomic E-state index is 0. The number of anilines is 2. The number of azo groups is 4. The van der Waals surface area contributed by atoms with Gasteiger partial charge in [-0.05, 0) is 109 Å². The fourth-order valence-corrected chi connectivity index (χ4v) is 11.0. The first-order valence-electron chi connectivity index (χ1n) is 23.4. The Morgan fingerprint density at radius 3 is 0.840 bits per heavy atom. The fraction of sp³-hybridized carbons (Fsp3) is 0.0208. The summed E-state index contributed by atoms with van der Waals surface area (Å²) >= 11 is 0. The number of nitrogens with two attached hydrogens (primary N) is 2. The predicted octanol–water partition coefficient (Wildman–Crippen LogP) is -24.5. The minimum Gasteiger partial charge on any atom is -0.744 e. The Morgan fingerprint density at radius 2 is 0.590 bits per heavy atom. The first kappa shape index (κ1) is 103. The second-order valence-corrected chi connectivity index (χ2v) is 25.8. The Bertz CT molecular complexity index is 5360. The second kappa shape index (κ2) is 41.2. The van der Waals surface area contributed by atoms with Gasteiger partial charge in [-0.3, -0.25) is 0 Å². The molecule has 0 heterocycles. The van der Waals surface area contributed by atoms with Crippen LogP contribution in [0.5, 0.6) is 17.2 Å². The third kappa shape index (κ3) is 25.3. The summed E-state index contributed by atoms with van der Waals surface area (Å²) in [6.45, 7) is 0. The second-order valence-electron chi connectivity index (χ2n) is 17.6. The topological polar surface area (TPSA) is 664 Å². The van der Waals surface area contributed by atoms with Gasteiger partial charge in [0.2, 0.25) is 0 Å². The van der Waals surface area contributed by atoms with Crippen molar-refractivity contribution in [2.45, 2.75) is 29.4 Å². The molecule has 0 aliphatic heterocycles. The Labute approximate surface area is 764 Å². The molecule has 0 aliphatic carbocycles. The molecule has 0 fully saturated rings. The molecule has 8 rings (SSSR count). The number of aromatic carboxylic acids is 3. The molecule has 0 saturated carbocycles. The van der Waals surface area contributed by atoms with E-state index in [0.29, 0.717) is 36.4 Å². The van der Waals surface area contributed by atoms with Crippen LogP contribution in [0.2, 0.25) is 0 Å². The maximum absolute atomic E-state index is 12.2. The van der Waals surface area contributed by atoms with Crippen LogP contribution in [0.25, 0.3) is 21.5 Å². The van der Waals surface area contributed by atoms with Crippen molar-refractivity contribution in [3.05, 3.63) is 126 Å². The number of carboxylic acids is 3. The van der Waals surface area contributed by atoms with E-state index in [1.807, 2.05) is 0 Å². The van der Waals surface area contributed by atoms with Gasteiger partial charge in [-0.15, -0.1) is 40.9 Å².